The Morgan fingerprint density at radius 1 is 1.19 bits per heavy atom. The van der Waals surface area contributed by atoms with Crippen LogP contribution in [0.25, 0.3) is 0 Å². The molecule has 0 spiro atoms. The summed E-state index contributed by atoms with van der Waals surface area (Å²) in [5.74, 6) is -1.23. The van der Waals surface area contributed by atoms with Crippen molar-refractivity contribution in [3.63, 3.8) is 0 Å². The van der Waals surface area contributed by atoms with Crippen LogP contribution in [0.2, 0.25) is 5.02 Å². The number of esters is 1. The number of hydrogen-bond acceptors (Lipinski definition) is 5. The predicted octanol–water partition coefficient (Wildman–Crippen LogP) is 3.07. The number of nitrogens with zero attached hydrogens (tertiary/aromatic N) is 1. The van der Waals surface area contributed by atoms with Crippen LogP contribution in [-0.4, -0.2) is 30.0 Å². The highest BCUT2D eigenvalue weighted by atomic mass is 35.5. The standard InChI is InChI=1S/C18H17ClN2O5/c1-12-15(3-2-4-16(12)21(24)25)18(23)26-11-17(22)20-10-9-13-5-7-14(19)8-6-13/h2-8H,9-11H2,1H3,(H,20,22). The third-order valence-electron chi connectivity index (χ3n) is 3.71. The van der Waals surface area contributed by atoms with E-state index in [1.807, 2.05) is 12.1 Å². The topological polar surface area (TPSA) is 98.5 Å². The van der Waals surface area contributed by atoms with E-state index in [2.05, 4.69) is 5.32 Å². The number of benzene rings is 2. The van der Waals surface area contributed by atoms with Gasteiger partial charge in [0.05, 0.1) is 10.5 Å². The highest BCUT2D eigenvalue weighted by Gasteiger charge is 2.19. The van der Waals surface area contributed by atoms with Gasteiger partial charge in [0, 0.05) is 23.2 Å². The fourth-order valence-corrected chi connectivity index (χ4v) is 2.43. The number of nitro groups is 1. The summed E-state index contributed by atoms with van der Waals surface area (Å²) in [7, 11) is 0. The minimum absolute atomic E-state index is 0.0631. The first-order valence-corrected chi connectivity index (χ1v) is 8.18. The molecule has 0 aliphatic carbocycles. The van der Waals surface area contributed by atoms with Gasteiger partial charge in [0.15, 0.2) is 6.61 Å². The molecule has 0 atom stereocenters. The van der Waals surface area contributed by atoms with Gasteiger partial charge in [0.2, 0.25) is 0 Å². The summed E-state index contributed by atoms with van der Waals surface area (Å²) in [6, 6.07) is 11.4. The Kier molecular flexibility index (Phi) is 6.68. The lowest BCUT2D eigenvalue weighted by Crippen LogP contribution is -2.30. The van der Waals surface area contributed by atoms with E-state index < -0.39 is 23.4 Å². The van der Waals surface area contributed by atoms with Crippen LogP contribution in [0.3, 0.4) is 0 Å². The molecule has 0 saturated heterocycles. The van der Waals surface area contributed by atoms with E-state index in [1.165, 1.54) is 25.1 Å². The molecule has 0 aromatic heterocycles. The minimum atomic E-state index is -0.779. The third kappa shape index (κ3) is 5.29. The summed E-state index contributed by atoms with van der Waals surface area (Å²) >= 11 is 5.80. The average Bonchev–Trinajstić information content (AvgIpc) is 2.61. The summed E-state index contributed by atoms with van der Waals surface area (Å²) in [5.41, 5.74) is 1.10. The van der Waals surface area contributed by atoms with Gasteiger partial charge in [-0.05, 0) is 37.1 Å². The molecule has 2 aromatic rings. The van der Waals surface area contributed by atoms with Crippen molar-refractivity contribution >= 4 is 29.2 Å². The zero-order valence-electron chi connectivity index (χ0n) is 14.0. The predicted molar refractivity (Wildman–Crippen MR) is 96.3 cm³/mol. The first-order chi connectivity index (χ1) is 12.4. The summed E-state index contributed by atoms with van der Waals surface area (Å²) in [6.45, 7) is 1.39. The number of nitro benzene ring substituents is 1. The van der Waals surface area contributed by atoms with E-state index in [0.717, 1.165) is 5.56 Å². The molecule has 8 heteroatoms. The van der Waals surface area contributed by atoms with E-state index >= 15 is 0 Å². The summed E-state index contributed by atoms with van der Waals surface area (Å²) in [4.78, 5) is 34.1. The van der Waals surface area contributed by atoms with Crippen molar-refractivity contribution in [2.45, 2.75) is 13.3 Å². The maximum atomic E-state index is 12.0. The fourth-order valence-electron chi connectivity index (χ4n) is 2.30. The Hall–Kier alpha value is -2.93. The molecule has 0 aliphatic rings. The van der Waals surface area contributed by atoms with E-state index in [4.69, 9.17) is 16.3 Å². The maximum absolute atomic E-state index is 12.0. The lowest BCUT2D eigenvalue weighted by Gasteiger charge is -2.08. The minimum Gasteiger partial charge on any atom is -0.452 e. The molecular weight excluding hydrogens is 360 g/mol. The lowest BCUT2D eigenvalue weighted by atomic mass is 10.1. The molecule has 26 heavy (non-hydrogen) atoms. The molecule has 0 unspecified atom stereocenters. The summed E-state index contributed by atoms with van der Waals surface area (Å²) in [6.07, 6.45) is 0.612. The van der Waals surface area contributed by atoms with E-state index in [-0.39, 0.29) is 16.8 Å². The molecule has 0 bridgehead atoms. The molecule has 1 N–H and O–H groups in total. The molecule has 0 heterocycles. The number of halogens is 1. The number of nitrogens with one attached hydrogen (secondary N) is 1. The molecule has 136 valence electrons. The second-order valence-electron chi connectivity index (χ2n) is 5.51. The van der Waals surface area contributed by atoms with Crippen LogP contribution < -0.4 is 5.32 Å². The molecule has 1 amide bonds. The molecule has 7 nitrogen and oxygen atoms in total. The van der Waals surface area contributed by atoms with Crippen molar-refractivity contribution < 1.29 is 19.2 Å². The van der Waals surface area contributed by atoms with Crippen LogP contribution in [0.1, 0.15) is 21.5 Å². The number of amides is 1. The molecule has 2 rings (SSSR count). The second-order valence-corrected chi connectivity index (χ2v) is 5.95. The number of hydrogen-bond donors (Lipinski definition) is 1. The van der Waals surface area contributed by atoms with Crippen LogP contribution in [0.4, 0.5) is 5.69 Å². The highest BCUT2D eigenvalue weighted by molar-refractivity contribution is 6.30. The van der Waals surface area contributed by atoms with Crippen molar-refractivity contribution in [2.24, 2.45) is 0 Å². The van der Waals surface area contributed by atoms with Crippen molar-refractivity contribution in [3.05, 3.63) is 74.3 Å². The van der Waals surface area contributed by atoms with Crippen molar-refractivity contribution in [1.29, 1.82) is 0 Å². The molecular formula is C18H17ClN2O5. The molecule has 0 fully saturated rings. The van der Waals surface area contributed by atoms with E-state index in [0.29, 0.717) is 18.0 Å². The van der Waals surface area contributed by atoms with Crippen LogP contribution in [0, 0.1) is 17.0 Å². The Balaban J connectivity index is 1.81. The van der Waals surface area contributed by atoms with Gasteiger partial charge in [0.25, 0.3) is 11.6 Å². The highest BCUT2D eigenvalue weighted by Crippen LogP contribution is 2.21. The second kappa shape index (κ2) is 8.96. The lowest BCUT2D eigenvalue weighted by molar-refractivity contribution is -0.385. The van der Waals surface area contributed by atoms with Gasteiger partial charge in [-0.3, -0.25) is 14.9 Å². The quantitative estimate of drug-likeness (QED) is 0.455. The number of rotatable bonds is 7. The zero-order chi connectivity index (χ0) is 19.1. The largest absolute Gasteiger partial charge is 0.452 e. The fraction of sp³-hybridized carbons (Fsp3) is 0.222. The Morgan fingerprint density at radius 3 is 2.54 bits per heavy atom. The van der Waals surface area contributed by atoms with Gasteiger partial charge in [-0.2, -0.15) is 0 Å². The number of ether oxygens (including phenoxy) is 1. The van der Waals surface area contributed by atoms with Crippen molar-refractivity contribution in [2.75, 3.05) is 13.2 Å². The van der Waals surface area contributed by atoms with Gasteiger partial charge in [-0.25, -0.2) is 4.79 Å². The van der Waals surface area contributed by atoms with Crippen LogP contribution in [0.5, 0.6) is 0 Å². The SMILES string of the molecule is Cc1c(C(=O)OCC(=O)NCCc2ccc(Cl)cc2)cccc1[N+](=O)[O-]. The Morgan fingerprint density at radius 2 is 1.88 bits per heavy atom. The Labute approximate surface area is 155 Å². The third-order valence-corrected chi connectivity index (χ3v) is 3.96. The zero-order valence-corrected chi connectivity index (χ0v) is 14.8. The molecule has 2 aromatic carbocycles. The normalized spacial score (nSPS) is 10.2. The first kappa shape index (κ1) is 19.4. The summed E-state index contributed by atoms with van der Waals surface area (Å²) < 4.78 is 4.93. The first-order valence-electron chi connectivity index (χ1n) is 7.80. The smallest absolute Gasteiger partial charge is 0.339 e. The van der Waals surface area contributed by atoms with Gasteiger partial charge < -0.3 is 10.1 Å². The maximum Gasteiger partial charge on any atom is 0.339 e. The van der Waals surface area contributed by atoms with Gasteiger partial charge in [-0.1, -0.05) is 29.8 Å². The number of carbonyl (C=O) groups excluding carboxylic acids is 2. The van der Waals surface area contributed by atoms with Gasteiger partial charge in [0.1, 0.15) is 0 Å². The molecule has 0 radical (unpaired) electrons. The average molecular weight is 377 g/mol. The monoisotopic (exact) mass is 376 g/mol. The van der Waals surface area contributed by atoms with E-state index in [1.54, 1.807) is 12.1 Å². The molecule has 0 saturated carbocycles. The van der Waals surface area contributed by atoms with Crippen molar-refractivity contribution in [3.8, 4) is 0 Å². The van der Waals surface area contributed by atoms with Crippen LogP contribution >= 0.6 is 11.6 Å². The molecule has 0 aliphatic heterocycles. The number of carbonyl (C=O) groups is 2. The van der Waals surface area contributed by atoms with Crippen LogP contribution in [0.15, 0.2) is 42.5 Å². The summed E-state index contributed by atoms with van der Waals surface area (Å²) in [5, 5.41) is 14.2. The van der Waals surface area contributed by atoms with E-state index in [9.17, 15) is 19.7 Å². The van der Waals surface area contributed by atoms with Crippen LogP contribution in [-0.2, 0) is 16.0 Å². The van der Waals surface area contributed by atoms with Gasteiger partial charge >= 0.3 is 5.97 Å². The Bertz CT molecular complexity index is 821. The van der Waals surface area contributed by atoms with Crippen molar-refractivity contribution in [1.82, 2.24) is 5.32 Å². The van der Waals surface area contributed by atoms with Gasteiger partial charge in [-0.15, -0.1) is 0 Å².